The third kappa shape index (κ3) is 2.63. The Hall–Kier alpha value is -0.850. The summed E-state index contributed by atoms with van der Waals surface area (Å²) in [6, 6.07) is 3.07. The zero-order valence-electron chi connectivity index (χ0n) is 9.94. The molecule has 2 rings (SSSR count). The maximum Gasteiger partial charge on any atom is 0.0669 e. The Kier molecular flexibility index (Phi) is 3.98. The molecule has 16 heavy (non-hydrogen) atoms. The minimum absolute atomic E-state index is 0.273. The molecule has 2 atom stereocenters. The first-order valence-corrected chi connectivity index (χ1v) is 6.30. The highest BCUT2D eigenvalue weighted by Gasteiger charge is 2.30. The van der Waals surface area contributed by atoms with Crippen LogP contribution < -0.4 is 0 Å². The molecule has 2 heterocycles. The van der Waals surface area contributed by atoms with E-state index in [1.165, 1.54) is 19.4 Å². The van der Waals surface area contributed by atoms with Crippen LogP contribution in [0.15, 0.2) is 12.7 Å². The summed E-state index contributed by atoms with van der Waals surface area (Å²) in [6.07, 6.45) is 5.64. The van der Waals surface area contributed by atoms with Gasteiger partial charge in [0.25, 0.3) is 0 Å². The van der Waals surface area contributed by atoms with Gasteiger partial charge >= 0.3 is 0 Å². The van der Waals surface area contributed by atoms with Gasteiger partial charge in [0.05, 0.1) is 12.0 Å². The third-order valence-corrected chi connectivity index (χ3v) is 3.79. The van der Waals surface area contributed by atoms with Crippen LogP contribution in [0.25, 0.3) is 0 Å². The number of hydrogen-bond donors (Lipinski definition) is 0. The van der Waals surface area contributed by atoms with Gasteiger partial charge in [0.2, 0.25) is 0 Å². The van der Waals surface area contributed by atoms with Crippen molar-refractivity contribution in [3.05, 3.63) is 12.7 Å². The highest BCUT2D eigenvalue weighted by molar-refractivity contribution is 4.94. The highest BCUT2D eigenvalue weighted by Crippen LogP contribution is 2.23. The second-order valence-corrected chi connectivity index (χ2v) is 4.95. The summed E-state index contributed by atoms with van der Waals surface area (Å²) in [6.45, 7) is 9.28. The van der Waals surface area contributed by atoms with Crippen LogP contribution in [-0.2, 0) is 0 Å². The Labute approximate surface area is 98.3 Å². The molecule has 0 aromatic heterocycles. The second-order valence-electron chi connectivity index (χ2n) is 4.95. The lowest BCUT2D eigenvalue weighted by Gasteiger charge is -2.37. The molecule has 0 bridgehead atoms. The van der Waals surface area contributed by atoms with Crippen LogP contribution in [0.2, 0.25) is 0 Å². The maximum absolute atomic E-state index is 8.92. The van der Waals surface area contributed by atoms with Crippen molar-refractivity contribution in [1.82, 2.24) is 9.80 Å². The Morgan fingerprint density at radius 3 is 2.88 bits per heavy atom. The zero-order chi connectivity index (χ0) is 11.4. The topological polar surface area (TPSA) is 30.3 Å². The molecule has 2 unspecified atom stereocenters. The highest BCUT2D eigenvalue weighted by atomic mass is 15.2. The molecule has 88 valence electrons. The summed E-state index contributed by atoms with van der Waals surface area (Å²) in [7, 11) is 0. The summed E-state index contributed by atoms with van der Waals surface area (Å²) in [5.74, 6) is 0.273. The van der Waals surface area contributed by atoms with Gasteiger partial charge in [-0.2, -0.15) is 5.26 Å². The van der Waals surface area contributed by atoms with Crippen LogP contribution >= 0.6 is 0 Å². The van der Waals surface area contributed by atoms with E-state index in [4.69, 9.17) is 5.26 Å². The summed E-state index contributed by atoms with van der Waals surface area (Å²) in [5.41, 5.74) is 0. The minimum atomic E-state index is 0.273. The predicted octanol–water partition coefficient (Wildman–Crippen LogP) is 1.48. The van der Waals surface area contributed by atoms with Gasteiger partial charge in [-0.05, 0) is 32.4 Å². The van der Waals surface area contributed by atoms with E-state index in [9.17, 15) is 0 Å². The molecule has 0 spiro atoms. The van der Waals surface area contributed by atoms with E-state index in [1.807, 2.05) is 6.08 Å². The van der Waals surface area contributed by atoms with E-state index < -0.39 is 0 Å². The zero-order valence-corrected chi connectivity index (χ0v) is 9.94. The predicted molar refractivity (Wildman–Crippen MR) is 65.0 cm³/mol. The molecule has 0 aromatic carbocycles. The van der Waals surface area contributed by atoms with Gasteiger partial charge in [0.1, 0.15) is 0 Å². The van der Waals surface area contributed by atoms with Crippen LogP contribution in [0.4, 0.5) is 0 Å². The fourth-order valence-electron chi connectivity index (χ4n) is 2.90. The Morgan fingerprint density at radius 2 is 2.19 bits per heavy atom. The molecule has 0 radical (unpaired) electrons. The van der Waals surface area contributed by atoms with E-state index in [0.29, 0.717) is 6.04 Å². The van der Waals surface area contributed by atoms with Crippen LogP contribution in [-0.4, -0.2) is 48.6 Å². The first-order chi connectivity index (χ1) is 7.83. The van der Waals surface area contributed by atoms with E-state index >= 15 is 0 Å². The molecule has 2 aliphatic heterocycles. The van der Waals surface area contributed by atoms with Crippen LogP contribution in [0.1, 0.15) is 19.3 Å². The second kappa shape index (κ2) is 5.47. The molecule has 0 amide bonds. The van der Waals surface area contributed by atoms with E-state index in [2.05, 4.69) is 22.4 Å². The van der Waals surface area contributed by atoms with Crippen molar-refractivity contribution in [1.29, 1.82) is 5.26 Å². The fraction of sp³-hybridized carbons (Fsp3) is 0.769. The average Bonchev–Trinajstić information content (AvgIpc) is 2.78. The number of nitrogens with zero attached hydrogens (tertiary/aromatic N) is 3. The summed E-state index contributed by atoms with van der Waals surface area (Å²) >= 11 is 0. The fourth-order valence-corrected chi connectivity index (χ4v) is 2.90. The SMILES string of the molecule is C=CCN1CCCC(N2CCC(C#N)C2)C1. The first-order valence-electron chi connectivity index (χ1n) is 6.30. The smallest absolute Gasteiger partial charge is 0.0669 e. The summed E-state index contributed by atoms with van der Waals surface area (Å²) in [4.78, 5) is 4.99. The van der Waals surface area contributed by atoms with Crippen LogP contribution in [0.3, 0.4) is 0 Å². The van der Waals surface area contributed by atoms with Crippen LogP contribution in [0, 0.1) is 17.2 Å². The quantitative estimate of drug-likeness (QED) is 0.674. The first kappa shape index (κ1) is 11.6. The number of nitriles is 1. The van der Waals surface area contributed by atoms with Crippen molar-refractivity contribution in [3.8, 4) is 6.07 Å². The Morgan fingerprint density at radius 1 is 1.31 bits per heavy atom. The molecule has 3 nitrogen and oxygen atoms in total. The molecular formula is C13H21N3. The molecule has 0 saturated carbocycles. The third-order valence-electron chi connectivity index (χ3n) is 3.79. The van der Waals surface area contributed by atoms with Crippen molar-refractivity contribution in [3.63, 3.8) is 0 Å². The van der Waals surface area contributed by atoms with Crippen molar-refractivity contribution in [2.24, 2.45) is 5.92 Å². The van der Waals surface area contributed by atoms with E-state index in [-0.39, 0.29) is 5.92 Å². The molecule has 2 aliphatic rings. The molecule has 0 aromatic rings. The van der Waals surface area contributed by atoms with Crippen molar-refractivity contribution < 1.29 is 0 Å². The van der Waals surface area contributed by atoms with Gasteiger partial charge < -0.3 is 0 Å². The van der Waals surface area contributed by atoms with E-state index in [1.54, 1.807) is 0 Å². The van der Waals surface area contributed by atoms with Gasteiger partial charge in [-0.15, -0.1) is 6.58 Å². The normalized spacial score (nSPS) is 32.4. The Bertz CT molecular complexity index is 281. The lowest BCUT2D eigenvalue weighted by atomic mass is 10.0. The van der Waals surface area contributed by atoms with Gasteiger partial charge in [0.15, 0.2) is 0 Å². The molecule has 0 N–H and O–H groups in total. The number of piperidine rings is 1. The number of hydrogen-bond acceptors (Lipinski definition) is 3. The van der Waals surface area contributed by atoms with Gasteiger partial charge in [-0.25, -0.2) is 0 Å². The molecule has 0 aliphatic carbocycles. The monoisotopic (exact) mass is 219 g/mol. The summed E-state index contributed by atoms with van der Waals surface area (Å²) in [5, 5.41) is 8.92. The van der Waals surface area contributed by atoms with Crippen molar-refractivity contribution >= 4 is 0 Å². The minimum Gasteiger partial charge on any atom is -0.298 e. The average molecular weight is 219 g/mol. The molecule has 2 fully saturated rings. The van der Waals surface area contributed by atoms with Crippen LogP contribution in [0.5, 0.6) is 0 Å². The van der Waals surface area contributed by atoms with Crippen molar-refractivity contribution in [2.75, 3.05) is 32.7 Å². The number of rotatable bonds is 3. The lowest BCUT2D eigenvalue weighted by molar-refractivity contribution is 0.122. The van der Waals surface area contributed by atoms with Gasteiger partial charge in [0, 0.05) is 25.7 Å². The van der Waals surface area contributed by atoms with Gasteiger partial charge in [-0.1, -0.05) is 6.08 Å². The lowest BCUT2D eigenvalue weighted by Crippen LogP contribution is -2.47. The van der Waals surface area contributed by atoms with E-state index in [0.717, 1.165) is 32.6 Å². The molecule has 3 heteroatoms. The molecular weight excluding hydrogens is 198 g/mol. The number of likely N-dealkylation sites (tertiary alicyclic amines) is 2. The Balaban J connectivity index is 1.85. The maximum atomic E-state index is 8.92. The largest absolute Gasteiger partial charge is 0.298 e. The standard InChI is InChI=1S/C13H21N3/c1-2-6-15-7-3-4-13(11-15)16-8-5-12(9-14)10-16/h2,12-13H,1,3-8,10-11H2. The summed E-state index contributed by atoms with van der Waals surface area (Å²) < 4.78 is 0. The van der Waals surface area contributed by atoms with Crippen molar-refractivity contribution in [2.45, 2.75) is 25.3 Å². The molecule has 2 saturated heterocycles. The van der Waals surface area contributed by atoms with Gasteiger partial charge in [-0.3, -0.25) is 9.80 Å².